The summed E-state index contributed by atoms with van der Waals surface area (Å²) in [5.41, 5.74) is 5.08. The lowest BCUT2D eigenvalue weighted by Gasteiger charge is -2.27. The van der Waals surface area contributed by atoms with Crippen LogP contribution >= 0.6 is 15.9 Å². The van der Waals surface area contributed by atoms with E-state index in [-0.39, 0.29) is 22.2 Å². The number of carbonyl (C=O) groups excluding carboxylic acids is 2. The average Bonchev–Trinajstić information content (AvgIpc) is 3.10. The molecule has 0 radical (unpaired) electrons. The largest absolute Gasteiger partial charge is 0.507 e. The van der Waals surface area contributed by atoms with Crippen molar-refractivity contribution in [3.63, 3.8) is 0 Å². The Hall–Kier alpha value is -3.18. The number of anilines is 1. The van der Waals surface area contributed by atoms with Gasteiger partial charge in [-0.05, 0) is 64.3 Å². The van der Waals surface area contributed by atoms with Crippen molar-refractivity contribution in [1.82, 2.24) is 0 Å². The third kappa shape index (κ3) is 5.15. The van der Waals surface area contributed by atoms with Crippen LogP contribution in [-0.4, -0.2) is 16.8 Å². The Balaban J connectivity index is 1.91. The maximum absolute atomic E-state index is 13.5. The topological polar surface area (TPSA) is 57.6 Å². The van der Waals surface area contributed by atoms with Gasteiger partial charge in [0.05, 0.1) is 11.6 Å². The lowest BCUT2D eigenvalue weighted by atomic mass is 9.85. The first kappa shape index (κ1) is 26.9. The van der Waals surface area contributed by atoms with Gasteiger partial charge in [0.25, 0.3) is 11.7 Å². The standard InChI is InChI=1S/C32H34BrNO3/c1-19-18-21(10-17-25(19)33)28(35)26-27(20-8-11-22(12-9-20)31(2,3)4)34(30(37)29(26)36)24-15-13-23(14-16-24)32(5,6)7/h8-18,27,35H,1-7H3/b28-26-. The maximum Gasteiger partial charge on any atom is 0.300 e. The van der Waals surface area contributed by atoms with Crippen LogP contribution in [0.5, 0.6) is 0 Å². The minimum Gasteiger partial charge on any atom is -0.507 e. The summed E-state index contributed by atoms with van der Waals surface area (Å²) in [5.74, 6) is -1.51. The van der Waals surface area contributed by atoms with E-state index in [1.54, 1.807) is 6.07 Å². The van der Waals surface area contributed by atoms with Crippen molar-refractivity contribution in [3.8, 4) is 0 Å². The van der Waals surface area contributed by atoms with Gasteiger partial charge in [-0.25, -0.2) is 0 Å². The summed E-state index contributed by atoms with van der Waals surface area (Å²) in [4.78, 5) is 28.5. The van der Waals surface area contributed by atoms with E-state index in [0.717, 1.165) is 26.7 Å². The van der Waals surface area contributed by atoms with Gasteiger partial charge >= 0.3 is 0 Å². The van der Waals surface area contributed by atoms with Crippen molar-refractivity contribution in [2.45, 2.75) is 65.3 Å². The monoisotopic (exact) mass is 559 g/mol. The summed E-state index contributed by atoms with van der Waals surface area (Å²) >= 11 is 3.49. The molecule has 1 atom stereocenters. The molecule has 5 heteroatoms. The highest BCUT2D eigenvalue weighted by Gasteiger charge is 2.47. The fraction of sp³-hybridized carbons (Fsp3) is 0.312. The third-order valence-corrected chi connectivity index (χ3v) is 7.87. The number of hydrogen-bond donors (Lipinski definition) is 1. The third-order valence-electron chi connectivity index (χ3n) is 6.98. The molecule has 0 saturated carbocycles. The summed E-state index contributed by atoms with van der Waals surface area (Å²) in [7, 11) is 0. The van der Waals surface area contributed by atoms with Crippen molar-refractivity contribution in [2.24, 2.45) is 0 Å². The van der Waals surface area contributed by atoms with Gasteiger partial charge in [0.15, 0.2) is 0 Å². The van der Waals surface area contributed by atoms with Gasteiger partial charge in [-0.15, -0.1) is 0 Å². The number of amides is 1. The smallest absolute Gasteiger partial charge is 0.300 e. The Kier molecular flexibility index (Phi) is 6.98. The van der Waals surface area contributed by atoms with Gasteiger partial charge in [-0.1, -0.05) is 99.9 Å². The molecule has 1 N–H and O–H groups in total. The number of ketones is 1. The zero-order valence-electron chi connectivity index (χ0n) is 22.5. The Labute approximate surface area is 228 Å². The van der Waals surface area contributed by atoms with Crippen LogP contribution in [0.4, 0.5) is 5.69 Å². The molecular weight excluding hydrogens is 526 g/mol. The van der Waals surface area contributed by atoms with E-state index in [2.05, 4.69) is 57.5 Å². The van der Waals surface area contributed by atoms with Gasteiger partial charge in [-0.3, -0.25) is 14.5 Å². The van der Waals surface area contributed by atoms with Crippen LogP contribution in [0.2, 0.25) is 0 Å². The lowest BCUT2D eigenvalue weighted by Crippen LogP contribution is -2.29. The highest BCUT2D eigenvalue weighted by molar-refractivity contribution is 9.10. The predicted octanol–water partition coefficient (Wildman–Crippen LogP) is 7.98. The van der Waals surface area contributed by atoms with Crippen LogP contribution < -0.4 is 4.90 Å². The number of aryl methyl sites for hydroxylation is 1. The summed E-state index contributed by atoms with van der Waals surface area (Å²) < 4.78 is 0.901. The molecule has 1 amide bonds. The van der Waals surface area contributed by atoms with Gasteiger partial charge in [0.1, 0.15) is 5.76 Å². The highest BCUT2D eigenvalue weighted by atomic mass is 79.9. The second-order valence-electron chi connectivity index (χ2n) is 11.8. The molecule has 3 aromatic carbocycles. The van der Waals surface area contributed by atoms with E-state index in [4.69, 9.17) is 0 Å². The first-order chi connectivity index (χ1) is 17.2. The molecule has 0 bridgehead atoms. The van der Waals surface area contributed by atoms with Gasteiger partial charge in [0.2, 0.25) is 0 Å². The molecule has 1 aliphatic rings. The van der Waals surface area contributed by atoms with E-state index >= 15 is 0 Å². The molecule has 192 valence electrons. The first-order valence-electron chi connectivity index (χ1n) is 12.5. The minimum absolute atomic E-state index is 0.0436. The number of nitrogens with zero attached hydrogens (tertiary/aromatic N) is 1. The minimum atomic E-state index is -0.751. The van der Waals surface area contributed by atoms with Gasteiger partial charge in [0, 0.05) is 15.7 Å². The van der Waals surface area contributed by atoms with E-state index < -0.39 is 17.7 Å². The molecule has 1 aliphatic heterocycles. The second-order valence-corrected chi connectivity index (χ2v) is 12.7. The fourth-order valence-electron chi connectivity index (χ4n) is 4.65. The zero-order valence-corrected chi connectivity index (χ0v) is 24.1. The van der Waals surface area contributed by atoms with Crippen molar-refractivity contribution < 1.29 is 14.7 Å². The molecule has 4 nitrogen and oxygen atoms in total. The molecule has 4 rings (SSSR count). The highest BCUT2D eigenvalue weighted by Crippen LogP contribution is 2.43. The number of carbonyl (C=O) groups is 2. The number of hydrogen-bond acceptors (Lipinski definition) is 3. The SMILES string of the molecule is Cc1cc(/C(O)=C2/C(=O)C(=O)N(c3ccc(C(C)(C)C)cc3)C2c2ccc(C(C)(C)C)cc2)ccc1Br. The zero-order chi connectivity index (χ0) is 27.3. The number of halogens is 1. The van der Waals surface area contributed by atoms with Gasteiger partial charge < -0.3 is 5.11 Å². The maximum atomic E-state index is 13.5. The van der Waals surface area contributed by atoms with Crippen LogP contribution in [0.15, 0.2) is 76.8 Å². The van der Waals surface area contributed by atoms with Crippen molar-refractivity contribution in [3.05, 3.63) is 105 Å². The Morgan fingerprint density at radius 1 is 0.811 bits per heavy atom. The molecule has 0 aliphatic carbocycles. The quantitative estimate of drug-likeness (QED) is 0.201. The molecule has 0 spiro atoms. The predicted molar refractivity (Wildman–Crippen MR) is 154 cm³/mol. The average molecular weight is 561 g/mol. The molecule has 0 aromatic heterocycles. The van der Waals surface area contributed by atoms with E-state index in [9.17, 15) is 14.7 Å². The Morgan fingerprint density at radius 3 is 1.81 bits per heavy atom. The summed E-state index contributed by atoms with van der Waals surface area (Å²) in [6, 6.07) is 20.3. The van der Waals surface area contributed by atoms with E-state index in [1.807, 2.05) is 67.6 Å². The molecule has 1 saturated heterocycles. The fourth-order valence-corrected chi connectivity index (χ4v) is 4.90. The summed E-state index contributed by atoms with van der Waals surface area (Å²) in [6.45, 7) is 14.7. The normalized spacial score (nSPS) is 17.9. The van der Waals surface area contributed by atoms with Crippen molar-refractivity contribution in [2.75, 3.05) is 4.90 Å². The van der Waals surface area contributed by atoms with Crippen LogP contribution in [0.25, 0.3) is 5.76 Å². The van der Waals surface area contributed by atoms with Crippen molar-refractivity contribution >= 4 is 39.1 Å². The first-order valence-corrected chi connectivity index (χ1v) is 13.3. The number of aliphatic hydroxyl groups is 1. The second kappa shape index (κ2) is 9.60. The number of rotatable bonds is 3. The van der Waals surface area contributed by atoms with Crippen LogP contribution in [0.3, 0.4) is 0 Å². The molecule has 1 heterocycles. The van der Waals surface area contributed by atoms with Crippen LogP contribution in [-0.2, 0) is 20.4 Å². The Morgan fingerprint density at radius 2 is 1.32 bits per heavy atom. The number of benzene rings is 3. The van der Waals surface area contributed by atoms with Crippen LogP contribution in [0, 0.1) is 6.92 Å². The molecule has 3 aromatic rings. The number of aliphatic hydroxyl groups excluding tert-OH is 1. The Bertz CT molecular complexity index is 1390. The van der Waals surface area contributed by atoms with Crippen molar-refractivity contribution in [1.29, 1.82) is 0 Å². The van der Waals surface area contributed by atoms with Gasteiger partial charge in [-0.2, -0.15) is 0 Å². The molecular formula is C32H34BrNO3. The van der Waals surface area contributed by atoms with E-state index in [1.165, 1.54) is 4.90 Å². The number of Topliss-reactive ketones (excluding diaryl/α,β-unsaturated/α-hetero) is 1. The molecule has 1 fully saturated rings. The molecule has 37 heavy (non-hydrogen) atoms. The van der Waals surface area contributed by atoms with Crippen LogP contribution in [0.1, 0.15) is 75.4 Å². The summed E-state index contributed by atoms with van der Waals surface area (Å²) in [6.07, 6.45) is 0. The van der Waals surface area contributed by atoms with E-state index in [0.29, 0.717) is 11.3 Å². The summed E-state index contributed by atoms with van der Waals surface area (Å²) in [5, 5.41) is 11.4. The molecule has 1 unspecified atom stereocenters. The lowest BCUT2D eigenvalue weighted by molar-refractivity contribution is -0.132.